The fraction of sp³-hybridized carbons (Fsp3) is 0.348. The van der Waals surface area contributed by atoms with Crippen molar-refractivity contribution in [3.05, 3.63) is 53.8 Å². The zero-order valence-corrected chi connectivity index (χ0v) is 17.7. The second kappa shape index (κ2) is 8.96. The molecule has 0 unspecified atom stereocenters. The molecule has 9 heteroatoms. The number of likely N-dealkylation sites (tertiary alicyclic amines) is 1. The number of cyclic esters (lactones) is 1. The number of hydrogen-bond donors (Lipinski definition) is 2. The van der Waals surface area contributed by atoms with Gasteiger partial charge in [-0.2, -0.15) is 0 Å². The molecule has 0 aromatic heterocycles. The zero-order chi connectivity index (χ0) is 22.8. The highest BCUT2D eigenvalue weighted by Gasteiger charge is 2.33. The molecule has 3 N–H and O–H groups in total. The van der Waals surface area contributed by atoms with Crippen LogP contribution >= 0.6 is 0 Å². The van der Waals surface area contributed by atoms with E-state index in [9.17, 15) is 18.8 Å². The van der Waals surface area contributed by atoms with Gasteiger partial charge in [-0.05, 0) is 35.7 Å². The molecule has 2 fully saturated rings. The van der Waals surface area contributed by atoms with E-state index in [1.54, 1.807) is 12.1 Å². The molecular formula is C23H25FN4O4. The van der Waals surface area contributed by atoms with Crippen LogP contribution in [0.15, 0.2) is 42.5 Å². The van der Waals surface area contributed by atoms with Gasteiger partial charge in [-0.3, -0.25) is 19.4 Å². The van der Waals surface area contributed by atoms with Crippen LogP contribution in [0.1, 0.15) is 18.9 Å². The number of nitrogens with zero attached hydrogens (tertiary/aromatic N) is 2. The first-order valence-corrected chi connectivity index (χ1v) is 10.5. The number of carbonyl (C=O) groups excluding carboxylic acids is 3. The molecule has 3 amide bonds. The van der Waals surface area contributed by atoms with Gasteiger partial charge < -0.3 is 15.8 Å². The molecule has 0 spiro atoms. The second-order valence-corrected chi connectivity index (χ2v) is 8.09. The standard InChI is InChI=1S/C23H25FN4O4/c1-14(29)26-11-18-13-28(23(31)32-18)17-6-7-19(20(24)10-17)16-4-2-15(3-5-16)12-27-9-8-21(27)22(25)30/h2-7,10,18,21H,8-9,11-13H2,1H3,(H2,25,30)(H,26,29)/t18-,21-/m0/s1. The smallest absolute Gasteiger partial charge is 0.414 e. The maximum Gasteiger partial charge on any atom is 0.414 e. The first kappa shape index (κ1) is 21.8. The Kier molecular flexibility index (Phi) is 6.09. The van der Waals surface area contributed by atoms with Crippen LogP contribution in [-0.4, -0.2) is 54.6 Å². The van der Waals surface area contributed by atoms with E-state index in [0.717, 1.165) is 18.5 Å². The fourth-order valence-corrected chi connectivity index (χ4v) is 3.98. The Hall–Kier alpha value is -3.46. The Balaban J connectivity index is 1.43. The summed E-state index contributed by atoms with van der Waals surface area (Å²) in [4.78, 5) is 37.9. The van der Waals surface area contributed by atoms with E-state index in [0.29, 0.717) is 23.4 Å². The van der Waals surface area contributed by atoms with Gasteiger partial charge in [0.25, 0.3) is 0 Å². The van der Waals surface area contributed by atoms with Crippen molar-refractivity contribution in [3.63, 3.8) is 0 Å². The summed E-state index contributed by atoms with van der Waals surface area (Å²) in [6.45, 7) is 3.28. The molecule has 8 nitrogen and oxygen atoms in total. The predicted molar refractivity (Wildman–Crippen MR) is 116 cm³/mol. The maximum atomic E-state index is 14.9. The van der Waals surface area contributed by atoms with Crippen LogP contribution in [-0.2, 0) is 20.9 Å². The van der Waals surface area contributed by atoms with Crippen molar-refractivity contribution in [3.8, 4) is 11.1 Å². The number of benzene rings is 2. The van der Waals surface area contributed by atoms with Gasteiger partial charge in [-0.25, -0.2) is 9.18 Å². The SMILES string of the molecule is CC(=O)NC[C@H]1CN(c2ccc(-c3ccc(CN4CC[C@H]4C(N)=O)cc3)c(F)c2)C(=O)O1. The van der Waals surface area contributed by atoms with Crippen molar-refractivity contribution in [1.82, 2.24) is 10.2 Å². The van der Waals surface area contributed by atoms with Crippen molar-refractivity contribution in [1.29, 1.82) is 0 Å². The minimum absolute atomic E-state index is 0.210. The molecule has 0 bridgehead atoms. The zero-order valence-electron chi connectivity index (χ0n) is 17.7. The molecule has 2 aromatic carbocycles. The molecule has 0 aliphatic carbocycles. The van der Waals surface area contributed by atoms with E-state index in [1.165, 1.54) is 17.9 Å². The summed E-state index contributed by atoms with van der Waals surface area (Å²) in [6.07, 6.45) is -0.275. The number of carbonyl (C=O) groups is 3. The lowest BCUT2D eigenvalue weighted by molar-refractivity contribution is -0.127. The number of hydrogen-bond acceptors (Lipinski definition) is 5. The van der Waals surface area contributed by atoms with Crippen molar-refractivity contribution in [2.75, 3.05) is 24.5 Å². The molecule has 0 saturated carbocycles. The van der Waals surface area contributed by atoms with E-state index in [-0.39, 0.29) is 30.9 Å². The Labute approximate surface area is 185 Å². The number of anilines is 1. The topological polar surface area (TPSA) is 105 Å². The summed E-state index contributed by atoms with van der Waals surface area (Å²) in [5.41, 5.74) is 7.93. The number of rotatable bonds is 7. The molecule has 2 atom stereocenters. The maximum absolute atomic E-state index is 14.9. The van der Waals surface area contributed by atoms with Gasteiger partial charge >= 0.3 is 6.09 Å². The van der Waals surface area contributed by atoms with Crippen molar-refractivity contribution < 1.29 is 23.5 Å². The van der Waals surface area contributed by atoms with Crippen molar-refractivity contribution in [2.24, 2.45) is 5.73 Å². The Morgan fingerprint density at radius 2 is 1.97 bits per heavy atom. The van der Waals surface area contributed by atoms with Crippen molar-refractivity contribution in [2.45, 2.75) is 32.0 Å². The number of nitrogens with two attached hydrogens (primary N) is 1. The normalized spacial score (nSPS) is 20.6. The number of primary amides is 1. The summed E-state index contributed by atoms with van der Waals surface area (Å²) in [7, 11) is 0. The van der Waals surface area contributed by atoms with E-state index in [1.807, 2.05) is 29.2 Å². The Morgan fingerprint density at radius 3 is 2.56 bits per heavy atom. The molecule has 2 aliphatic heterocycles. The van der Waals surface area contributed by atoms with E-state index < -0.39 is 18.0 Å². The molecule has 32 heavy (non-hydrogen) atoms. The van der Waals surface area contributed by atoms with Crippen LogP contribution in [0.25, 0.3) is 11.1 Å². The molecule has 2 saturated heterocycles. The predicted octanol–water partition coefficient (Wildman–Crippen LogP) is 2.01. The molecule has 2 aliphatic rings. The largest absolute Gasteiger partial charge is 0.442 e. The van der Waals surface area contributed by atoms with Gasteiger partial charge in [-0.1, -0.05) is 24.3 Å². The summed E-state index contributed by atoms with van der Waals surface area (Å²) >= 11 is 0. The fourth-order valence-electron chi connectivity index (χ4n) is 3.98. The van der Waals surface area contributed by atoms with Crippen LogP contribution in [0.4, 0.5) is 14.9 Å². The van der Waals surface area contributed by atoms with Gasteiger partial charge in [-0.15, -0.1) is 0 Å². The third-order valence-corrected chi connectivity index (χ3v) is 5.83. The highest BCUT2D eigenvalue weighted by molar-refractivity contribution is 5.90. The lowest BCUT2D eigenvalue weighted by Gasteiger charge is -2.38. The van der Waals surface area contributed by atoms with Gasteiger partial charge in [0, 0.05) is 25.6 Å². The van der Waals surface area contributed by atoms with Gasteiger partial charge in [0.05, 0.1) is 24.8 Å². The van der Waals surface area contributed by atoms with E-state index in [4.69, 9.17) is 10.5 Å². The number of nitrogens with one attached hydrogen (secondary N) is 1. The first-order valence-electron chi connectivity index (χ1n) is 10.5. The average Bonchev–Trinajstić information content (AvgIpc) is 3.10. The average molecular weight is 440 g/mol. The summed E-state index contributed by atoms with van der Waals surface area (Å²) in [5, 5.41) is 2.61. The van der Waals surface area contributed by atoms with Crippen LogP contribution in [0.5, 0.6) is 0 Å². The summed E-state index contributed by atoms with van der Waals surface area (Å²) in [6, 6.07) is 11.9. The number of ether oxygens (including phenoxy) is 1. The van der Waals surface area contributed by atoms with Crippen LogP contribution in [0.3, 0.4) is 0 Å². The Bertz CT molecular complexity index is 1040. The first-order chi connectivity index (χ1) is 15.3. The lowest BCUT2D eigenvalue weighted by Crippen LogP contribution is -2.54. The van der Waals surface area contributed by atoms with E-state index >= 15 is 0 Å². The molecule has 4 rings (SSSR count). The highest BCUT2D eigenvalue weighted by Crippen LogP contribution is 2.30. The third-order valence-electron chi connectivity index (χ3n) is 5.83. The second-order valence-electron chi connectivity index (χ2n) is 8.09. The lowest BCUT2D eigenvalue weighted by atomic mass is 9.99. The van der Waals surface area contributed by atoms with Gasteiger partial charge in [0.2, 0.25) is 11.8 Å². The molecule has 168 valence electrons. The molecule has 2 heterocycles. The monoisotopic (exact) mass is 440 g/mol. The minimum atomic E-state index is -0.572. The summed E-state index contributed by atoms with van der Waals surface area (Å²) in [5.74, 6) is -0.971. The Morgan fingerprint density at radius 1 is 1.22 bits per heavy atom. The van der Waals surface area contributed by atoms with Crippen LogP contribution in [0, 0.1) is 5.82 Å². The molecule has 0 radical (unpaired) electrons. The molecular weight excluding hydrogens is 415 g/mol. The highest BCUT2D eigenvalue weighted by atomic mass is 19.1. The molecule has 2 aromatic rings. The van der Waals surface area contributed by atoms with Crippen molar-refractivity contribution >= 4 is 23.6 Å². The van der Waals surface area contributed by atoms with Gasteiger partial charge in [0.15, 0.2) is 0 Å². The number of halogens is 1. The summed E-state index contributed by atoms with van der Waals surface area (Å²) < 4.78 is 20.1. The van der Waals surface area contributed by atoms with Crippen LogP contribution in [0.2, 0.25) is 0 Å². The van der Waals surface area contributed by atoms with E-state index in [2.05, 4.69) is 5.32 Å². The number of amides is 3. The minimum Gasteiger partial charge on any atom is -0.442 e. The third kappa shape index (κ3) is 4.57. The quantitative estimate of drug-likeness (QED) is 0.685. The van der Waals surface area contributed by atoms with Gasteiger partial charge in [0.1, 0.15) is 11.9 Å². The van der Waals surface area contributed by atoms with Crippen LogP contribution < -0.4 is 16.0 Å².